The molecule has 1 atom stereocenters. The molecule has 1 fully saturated rings. The van der Waals surface area contributed by atoms with E-state index in [1.165, 1.54) is 4.31 Å². The summed E-state index contributed by atoms with van der Waals surface area (Å²) in [6, 6.07) is 6.39. The summed E-state index contributed by atoms with van der Waals surface area (Å²) in [5.41, 5.74) is 3.05. The molecular weight excluding hydrogens is 350 g/mol. The Bertz CT molecular complexity index is 903. The Morgan fingerprint density at radius 3 is 2.38 bits per heavy atom. The lowest BCUT2D eigenvalue weighted by atomic mass is 10.1. The van der Waals surface area contributed by atoms with E-state index >= 15 is 0 Å². The third-order valence-electron chi connectivity index (χ3n) is 4.63. The molecule has 1 aromatic carbocycles. The first-order valence-electron chi connectivity index (χ1n) is 8.61. The zero-order valence-corrected chi connectivity index (χ0v) is 16.0. The topological polar surface area (TPSA) is 79.4 Å². The minimum absolute atomic E-state index is 0.306. The van der Waals surface area contributed by atoms with Gasteiger partial charge in [0.15, 0.2) is 0 Å². The molecule has 138 valence electrons. The van der Waals surface area contributed by atoms with Gasteiger partial charge in [-0.2, -0.15) is 4.31 Å². The second-order valence-electron chi connectivity index (χ2n) is 6.73. The number of hydrogen-bond acceptors (Lipinski definition) is 4. The number of amides is 1. The maximum atomic E-state index is 13.3. The van der Waals surface area contributed by atoms with Crippen LogP contribution in [0.15, 0.2) is 41.6 Å². The van der Waals surface area contributed by atoms with Crippen LogP contribution in [0.25, 0.3) is 0 Å². The minimum atomic E-state index is -3.74. The van der Waals surface area contributed by atoms with Crippen molar-refractivity contribution in [3.8, 4) is 0 Å². The van der Waals surface area contributed by atoms with Gasteiger partial charge in [0, 0.05) is 24.6 Å². The van der Waals surface area contributed by atoms with Gasteiger partial charge in [0.1, 0.15) is 6.04 Å². The van der Waals surface area contributed by atoms with Crippen molar-refractivity contribution >= 4 is 21.6 Å². The Hall–Kier alpha value is -2.25. The predicted octanol–water partition coefficient (Wildman–Crippen LogP) is 2.80. The van der Waals surface area contributed by atoms with Crippen LogP contribution in [-0.2, 0) is 14.8 Å². The molecule has 0 aliphatic carbocycles. The van der Waals surface area contributed by atoms with E-state index in [9.17, 15) is 13.2 Å². The molecule has 0 spiro atoms. The molecule has 0 radical (unpaired) electrons. The Kier molecular flexibility index (Phi) is 5.11. The van der Waals surface area contributed by atoms with E-state index in [0.717, 1.165) is 5.56 Å². The number of carbonyl (C=O) groups is 1. The zero-order valence-electron chi connectivity index (χ0n) is 15.2. The van der Waals surface area contributed by atoms with Crippen LogP contribution in [0.5, 0.6) is 0 Å². The molecule has 1 amide bonds. The number of rotatable bonds is 4. The lowest BCUT2D eigenvalue weighted by Crippen LogP contribution is -2.43. The summed E-state index contributed by atoms with van der Waals surface area (Å²) in [4.78, 5) is 16.9. The quantitative estimate of drug-likeness (QED) is 0.894. The van der Waals surface area contributed by atoms with Crippen LogP contribution in [-0.4, -0.2) is 36.2 Å². The number of aromatic nitrogens is 1. The SMILES string of the molecule is Cc1cc(C)c(S(=O)(=O)N2CCC[C@@H]2C(=O)Nc2ccncc2)c(C)c1. The van der Waals surface area contributed by atoms with E-state index in [2.05, 4.69) is 10.3 Å². The summed E-state index contributed by atoms with van der Waals surface area (Å²) >= 11 is 0. The molecule has 0 saturated carbocycles. The number of pyridine rings is 1. The Balaban J connectivity index is 1.91. The fourth-order valence-corrected chi connectivity index (χ4v) is 5.71. The predicted molar refractivity (Wildman–Crippen MR) is 100 cm³/mol. The molecule has 1 N–H and O–H groups in total. The monoisotopic (exact) mass is 373 g/mol. The standard InChI is InChI=1S/C19H23N3O3S/c1-13-11-14(2)18(15(3)12-13)26(24,25)22-10-4-5-17(22)19(23)21-16-6-8-20-9-7-16/h6-9,11-12,17H,4-5,10H2,1-3H3,(H,20,21,23)/t17-/m1/s1. The van der Waals surface area contributed by atoms with Crippen LogP contribution in [0.3, 0.4) is 0 Å². The molecule has 7 heteroatoms. The Labute approximate surface area is 154 Å². The molecule has 2 heterocycles. The van der Waals surface area contributed by atoms with Gasteiger partial charge in [-0.1, -0.05) is 17.7 Å². The molecule has 1 saturated heterocycles. The summed E-state index contributed by atoms with van der Waals surface area (Å²) in [6.45, 7) is 5.89. The first-order valence-corrected chi connectivity index (χ1v) is 10.1. The minimum Gasteiger partial charge on any atom is -0.325 e. The lowest BCUT2D eigenvalue weighted by molar-refractivity contribution is -0.119. The molecule has 0 bridgehead atoms. The van der Waals surface area contributed by atoms with Gasteiger partial charge in [-0.3, -0.25) is 9.78 Å². The average molecular weight is 373 g/mol. The molecule has 6 nitrogen and oxygen atoms in total. The van der Waals surface area contributed by atoms with Crippen LogP contribution in [0, 0.1) is 20.8 Å². The molecule has 1 aliphatic heterocycles. The number of aryl methyl sites for hydroxylation is 3. The number of sulfonamides is 1. The number of benzene rings is 1. The number of nitrogens with one attached hydrogen (secondary N) is 1. The second kappa shape index (κ2) is 7.17. The van der Waals surface area contributed by atoms with Crippen molar-refractivity contribution in [2.75, 3.05) is 11.9 Å². The third kappa shape index (κ3) is 3.50. The van der Waals surface area contributed by atoms with Gasteiger partial charge >= 0.3 is 0 Å². The van der Waals surface area contributed by atoms with E-state index < -0.39 is 16.1 Å². The Morgan fingerprint density at radius 1 is 1.15 bits per heavy atom. The fraction of sp³-hybridized carbons (Fsp3) is 0.368. The van der Waals surface area contributed by atoms with Gasteiger partial charge in [0.05, 0.1) is 4.90 Å². The molecule has 0 unspecified atom stereocenters. The van der Waals surface area contributed by atoms with Gasteiger partial charge in [-0.25, -0.2) is 8.42 Å². The van der Waals surface area contributed by atoms with Crippen molar-refractivity contribution in [2.24, 2.45) is 0 Å². The van der Waals surface area contributed by atoms with Gasteiger partial charge in [0.25, 0.3) is 0 Å². The van der Waals surface area contributed by atoms with Gasteiger partial charge in [-0.15, -0.1) is 0 Å². The highest BCUT2D eigenvalue weighted by atomic mass is 32.2. The van der Waals surface area contributed by atoms with Gasteiger partial charge in [-0.05, 0) is 56.9 Å². The van der Waals surface area contributed by atoms with Gasteiger partial charge < -0.3 is 5.32 Å². The van der Waals surface area contributed by atoms with Crippen LogP contribution in [0.1, 0.15) is 29.5 Å². The fourth-order valence-electron chi connectivity index (χ4n) is 3.64. The summed E-state index contributed by atoms with van der Waals surface area (Å²) < 4.78 is 27.9. The number of nitrogens with zero attached hydrogens (tertiary/aromatic N) is 2. The van der Waals surface area contributed by atoms with E-state index in [0.29, 0.717) is 41.1 Å². The molecule has 3 rings (SSSR count). The summed E-state index contributed by atoms with van der Waals surface area (Å²) in [7, 11) is -3.74. The molecular formula is C19H23N3O3S. The average Bonchev–Trinajstić information content (AvgIpc) is 3.05. The van der Waals surface area contributed by atoms with E-state index in [4.69, 9.17) is 0 Å². The normalized spacial score (nSPS) is 18.0. The highest BCUT2D eigenvalue weighted by Crippen LogP contribution is 2.31. The maximum Gasteiger partial charge on any atom is 0.244 e. The molecule has 1 aromatic heterocycles. The van der Waals surface area contributed by atoms with Crippen LogP contribution in [0.4, 0.5) is 5.69 Å². The van der Waals surface area contributed by atoms with Crippen LogP contribution < -0.4 is 5.32 Å². The van der Waals surface area contributed by atoms with Crippen LogP contribution in [0.2, 0.25) is 0 Å². The smallest absolute Gasteiger partial charge is 0.244 e. The summed E-state index contributed by atoms with van der Waals surface area (Å²) in [6.07, 6.45) is 4.34. The number of anilines is 1. The second-order valence-corrected chi connectivity index (χ2v) is 8.55. The van der Waals surface area contributed by atoms with Crippen molar-refractivity contribution in [3.05, 3.63) is 53.3 Å². The maximum absolute atomic E-state index is 13.3. The largest absolute Gasteiger partial charge is 0.325 e. The summed E-state index contributed by atoms with van der Waals surface area (Å²) in [5.74, 6) is -0.306. The van der Waals surface area contributed by atoms with E-state index in [-0.39, 0.29) is 5.91 Å². The van der Waals surface area contributed by atoms with Crippen molar-refractivity contribution in [1.82, 2.24) is 9.29 Å². The van der Waals surface area contributed by atoms with Crippen molar-refractivity contribution < 1.29 is 13.2 Å². The van der Waals surface area contributed by atoms with Gasteiger partial charge in [0.2, 0.25) is 15.9 Å². The zero-order chi connectivity index (χ0) is 18.9. The highest BCUT2D eigenvalue weighted by Gasteiger charge is 2.40. The highest BCUT2D eigenvalue weighted by molar-refractivity contribution is 7.89. The summed E-state index contributed by atoms with van der Waals surface area (Å²) in [5, 5.41) is 2.79. The molecule has 1 aliphatic rings. The van der Waals surface area contributed by atoms with Crippen molar-refractivity contribution in [3.63, 3.8) is 0 Å². The van der Waals surface area contributed by atoms with E-state index in [1.807, 2.05) is 19.1 Å². The Morgan fingerprint density at radius 2 is 1.77 bits per heavy atom. The molecule has 2 aromatic rings. The van der Waals surface area contributed by atoms with Crippen molar-refractivity contribution in [2.45, 2.75) is 44.6 Å². The number of carbonyl (C=O) groups excluding carboxylic acids is 1. The molecule has 26 heavy (non-hydrogen) atoms. The number of hydrogen-bond donors (Lipinski definition) is 1. The van der Waals surface area contributed by atoms with Crippen LogP contribution >= 0.6 is 0 Å². The lowest BCUT2D eigenvalue weighted by Gasteiger charge is -2.25. The first kappa shape index (κ1) is 18.5. The first-order chi connectivity index (χ1) is 12.3. The van der Waals surface area contributed by atoms with Crippen molar-refractivity contribution in [1.29, 1.82) is 0 Å². The third-order valence-corrected chi connectivity index (χ3v) is 6.84. The van der Waals surface area contributed by atoms with E-state index in [1.54, 1.807) is 38.4 Å².